The van der Waals surface area contributed by atoms with Crippen molar-refractivity contribution in [1.29, 1.82) is 0 Å². The van der Waals surface area contributed by atoms with Crippen LogP contribution in [0.15, 0.2) is 18.2 Å². The van der Waals surface area contributed by atoms with Crippen molar-refractivity contribution in [1.82, 2.24) is 4.90 Å². The topological polar surface area (TPSA) is 52.6 Å². The third-order valence-corrected chi connectivity index (χ3v) is 3.02. The quantitative estimate of drug-likeness (QED) is 0.805. The molecule has 0 saturated carbocycles. The number of benzene rings is 1. The Bertz CT molecular complexity index is 405. The van der Waals surface area contributed by atoms with Crippen molar-refractivity contribution < 1.29 is 9.90 Å². The number of aliphatic hydroxyl groups is 1. The maximum atomic E-state index is 11.8. The summed E-state index contributed by atoms with van der Waals surface area (Å²) in [4.78, 5) is 13.7. The Labute approximate surface area is 109 Å². The van der Waals surface area contributed by atoms with E-state index in [1.54, 1.807) is 0 Å². The van der Waals surface area contributed by atoms with Gasteiger partial charge in [0.2, 0.25) is 5.91 Å². The summed E-state index contributed by atoms with van der Waals surface area (Å²) in [5, 5.41) is 11.7. The number of anilines is 1. The van der Waals surface area contributed by atoms with Crippen molar-refractivity contribution in [3.05, 3.63) is 29.3 Å². The molecule has 0 saturated heterocycles. The zero-order valence-electron chi connectivity index (χ0n) is 11.4. The van der Waals surface area contributed by atoms with Crippen molar-refractivity contribution in [2.45, 2.75) is 20.8 Å². The van der Waals surface area contributed by atoms with E-state index in [1.165, 1.54) is 5.56 Å². The van der Waals surface area contributed by atoms with Crippen LogP contribution in [0.4, 0.5) is 5.69 Å². The van der Waals surface area contributed by atoms with E-state index >= 15 is 0 Å². The van der Waals surface area contributed by atoms with E-state index in [-0.39, 0.29) is 12.5 Å². The lowest BCUT2D eigenvalue weighted by molar-refractivity contribution is -0.117. The lowest BCUT2D eigenvalue weighted by atomic mass is 10.1. The van der Waals surface area contributed by atoms with Gasteiger partial charge < -0.3 is 10.4 Å². The minimum atomic E-state index is -0.0476. The first-order chi connectivity index (χ1) is 8.56. The van der Waals surface area contributed by atoms with Crippen LogP contribution in [0.1, 0.15) is 18.1 Å². The Balaban J connectivity index is 2.55. The summed E-state index contributed by atoms with van der Waals surface area (Å²) >= 11 is 0. The van der Waals surface area contributed by atoms with Gasteiger partial charge in [0, 0.05) is 12.2 Å². The van der Waals surface area contributed by atoms with Crippen LogP contribution in [0.25, 0.3) is 0 Å². The maximum absolute atomic E-state index is 11.8. The molecule has 0 spiro atoms. The molecular weight excluding hydrogens is 228 g/mol. The normalized spacial score (nSPS) is 10.7. The number of carbonyl (C=O) groups excluding carboxylic acids is 1. The van der Waals surface area contributed by atoms with Gasteiger partial charge in [0.25, 0.3) is 0 Å². The van der Waals surface area contributed by atoms with Gasteiger partial charge in [-0.1, -0.05) is 13.0 Å². The molecule has 0 aliphatic heterocycles. The Kier molecular flexibility index (Phi) is 5.82. The average molecular weight is 250 g/mol. The smallest absolute Gasteiger partial charge is 0.238 e. The molecule has 0 radical (unpaired) electrons. The predicted molar refractivity (Wildman–Crippen MR) is 73.7 cm³/mol. The number of hydrogen-bond donors (Lipinski definition) is 2. The SMILES string of the molecule is CCN(CCO)CC(=O)Nc1ccc(C)c(C)c1. The lowest BCUT2D eigenvalue weighted by Crippen LogP contribution is -2.35. The molecule has 2 N–H and O–H groups in total. The summed E-state index contributed by atoms with van der Waals surface area (Å²) in [5.41, 5.74) is 3.20. The molecule has 4 nitrogen and oxygen atoms in total. The van der Waals surface area contributed by atoms with Gasteiger partial charge in [-0.15, -0.1) is 0 Å². The predicted octanol–water partition coefficient (Wildman–Crippen LogP) is 1.56. The molecule has 0 unspecified atom stereocenters. The maximum Gasteiger partial charge on any atom is 0.238 e. The van der Waals surface area contributed by atoms with Crippen LogP contribution >= 0.6 is 0 Å². The molecule has 1 rings (SSSR count). The molecule has 0 aliphatic carbocycles. The van der Waals surface area contributed by atoms with Crippen LogP contribution in [-0.4, -0.2) is 42.2 Å². The molecule has 0 aliphatic rings. The minimum absolute atomic E-state index is 0.0476. The number of rotatable bonds is 6. The standard InChI is InChI=1S/C14H22N2O2/c1-4-16(7-8-17)10-14(18)15-13-6-5-11(2)12(3)9-13/h5-6,9,17H,4,7-8,10H2,1-3H3,(H,15,18). The highest BCUT2D eigenvalue weighted by molar-refractivity contribution is 5.92. The number of amides is 1. The van der Waals surface area contributed by atoms with E-state index in [1.807, 2.05) is 43.9 Å². The van der Waals surface area contributed by atoms with E-state index in [0.29, 0.717) is 13.1 Å². The second-order valence-electron chi connectivity index (χ2n) is 4.44. The van der Waals surface area contributed by atoms with E-state index in [9.17, 15) is 4.79 Å². The highest BCUT2D eigenvalue weighted by atomic mass is 16.3. The van der Waals surface area contributed by atoms with Gasteiger partial charge in [-0.3, -0.25) is 9.69 Å². The van der Waals surface area contributed by atoms with Crippen molar-refractivity contribution >= 4 is 11.6 Å². The van der Waals surface area contributed by atoms with Gasteiger partial charge in [-0.05, 0) is 43.7 Å². The zero-order chi connectivity index (χ0) is 13.5. The van der Waals surface area contributed by atoms with Crippen LogP contribution in [0.5, 0.6) is 0 Å². The average Bonchev–Trinajstić information content (AvgIpc) is 2.33. The lowest BCUT2D eigenvalue weighted by Gasteiger charge is -2.18. The molecule has 1 aromatic carbocycles. The highest BCUT2D eigenvalue weighted by Crippen LogP contribution is 2.13. The van der Waals surface area contributed by atoms with Crippen LogP contribution in [0.2, 0.25) is 0 Å². The molecule has 18 heavy (non-hydrogen) atoms. The summed E-state index contributed by atoms with van der Waals surface area (Å²) in [5.74, 6) is -0.0476. The molecule has 0 heterocycles. The molecule has 100 valence electrons. The molecular formula is C14H22N2O2. The minimum Gasteiger partial charge on any atom is -0.395 e. The monoisotopic (exact) mass is 250 g/mol. The Morgan fingerprint density at radius 2 is 2.06 bits per heavy atom. The van der Waals surface area contributed by atoms with Crippen LogP contribution in [-0.2, 0) is 4.79 Å². The van der Waals surface area contributed by atoms with Crippen LogP contribution in [0.3, 0.4) is 0 Å². The Morgan fingerprint density at radius 1 is 1.33 bits per heavy atom. The summed E-state index contributed by atoms with van der Waals surface area (Å²) < 4.78 is 0. The van der Waals surface area contributed by atoms with E-state index < -0.39 is 0 Å². The van der Waals surface area contributed by atoms with Gasteiger partial charge in [0.15, 0.2) is 0 Å². The molecule has 1 aromatic rings. The second kappa shape index (κ2) is 7.13. The molecule has 0 fully saturated rings. The number of hydrogen-bond acceptors (Lipinski definition) is 3. The number of likely N-dealkylation sites (N-methyl/N-ethyl adjacent to an activating group) is 1. The zero-order valence-corrected chi connectivity index (χ0v) is 11.4. The molecule has 0 bridgehead atoms. The first-order valence-electron chi connectivity index (χ1n) is 6.27. The Hall–Kier alpha value is -1.39. The summed E-state index contributed by atoms with van der Waals surface area (Å²) in [6, 6.07) is 5.87. The van der Waals surface area contributed by atoms with Gasteiger partial charge in [0.1, 0.15) is 0 Å². The second-order valence-corrected chi connectivity index (χ2v) is 4.44. The Morgan fingerprint density at radius 3 is 2.61 bits per heavy atom. The summed E-state index contributed by atoms with van der Waals surface area (Å²) in [6.07, 6.45) is 0. The third kappa shape index (κ3) is 4.47. The number of nitrogens with zero attached hydrogens (tertiary/aromatic N) is 1. The largest absolute Gasteiger partial charge is 0.395 e. The molecule has 0 aromatic heterocycles. The highest BCUT2D eigenvalue weighted by Gasteiger charge is 2.08. The fourth-order valence-electron chi connectivity index (χ4n) is 1.71. The summed E-state index contributed by atoms with van der Waals surface area (Å²) in [6.45, 7) is 7.70. The number of aryl methyl sites for hydroxylation is 2. The molecule has 4 heteroatoms. The van der Waals surface area contributed by atoms with E-state index in [4.69, 9.17) is 5.11 Å². The van der Waals surface area contributed by atoms with Crippen molar-refractivity contribution in [2.24, 2.45) is 0 Å². The van der Waals surface area contributed by atoms with Crippen LogP contribution in [0, 0.1) is 13.8 Å². The molecule has 1 amide bonds. The molecule has 0 atom stereocenters. The van der Waals surface area contributed by atoms with Crippen molar-refractivity contribution in [3.8, 4) is 0 Å². The first-order valence-corrected chi connectivity index (χ1v) is 6.27. The number of carbonyl (C=O) groups is 1. The van der Waals surface area contributed by atoms with Crippen molar-refractivity contribution in [2.75, 3.05) is 31.6 Å². The van der Waals surface area contributed by atoms with Crippen molar-refractivity contribution in [3.63, 3.8) is 0 Å². The number of nitrogens with one attached hydrogen (secondary N) is 1. The fourth-order valence-corrected chi connectivity index (χ4v) is 1.71. The van der Waals surface area contributed by atoms with E-state index in [2.05, 4.69) is 5.32 Å². The third-order valence-electron chi connectivity index (χ3n) is 3.02. The first kappa shape index (κ1) is 14.7. The van der Waals surface area contributed by atoms with Crippen LogP contribution < -0.4 is 5.32 Å². The van der Waals surface area contributed by atoms with Gasteiger partial charge in [0.05, 0.1) is 13.2 Å². The van der Waals surface area contributed by atoms with E-state index in [0.717, 1.165) is 17.8 Å². The van der Waals surface area contributed by atoms with Gasteiger partial charge in [-0.2, -0.15) is 0 Å². The fraction of sp³-hybridized carbons (Fsp3) is 0.500. The summed E-state index contributed by atoms with van der Waals surface area (Å²) in [7, 11) is 0. The number of aliphatic hydroxyl groups excluding tert-OH is 1. The van der Waals surface area contributed by atoms with Gasteiger partial charge in [-0.25, -0.2) is 0 Å². The van der Waals surface area contributed by atoms with Gasteiger partial charge >= 0.3 is 0 Å².